The van der Waals surface area contributed by atoms with Crippen LogP contribution >= 0.6 is 23.4 Å². The van der Waals surface area contributed by atoms with Crippen LogP contribution in [-0.2, 0) is 13.1 Å². The van der Waals surface area contributed by atoms with E-state index in [4.69, 9.17) is 21.1 Å². The minimum atomic E-state index is 0.373. The van der Waals surface area contributed by atoms with Gasteiger partial charge in [0.05, 0.1) is 17.6 Å². The number of nitrogens with zero attached hydrogens (tertiary/aromatic N) is 4. The van der Waals surface area contributed by atoms with Gasteiger partial charge in [0.2, 0.25) is 0 Å². The summed E-state index contributed by atoms with van der Waals surface area (Å²) in [5.74, 6) is 0.769. The number of rotatable bonds is 5. The van der Waals surface area contributed by atoms with Crippen molar-refractivity contribution < 1.29 is 9.47 Å². The number of ether oxygens (including phenoxy) is 2. The van der Waals surface area contributed by atoms with Gasteiger partial charge >= 0.3 is 6.01 Å². The SMILES string of the molecule is COc1ncc(CN2CCOc3c(Cl)cc(-n4ccc5cc(SC)ccc54)cc3C2)cn1. The van der Waals surface area contributed by atoms with Crippen molar-refractivity contribution >= 4 is 34.3 Å². The summed E-state index contributed by atoms with van der Waals surface area (Å²) in [5, 5.41) is 1.84. The normalized spacial score (nSPS) is 14.1. The van der Waals surface area contributed by atoms with E-state index in [1.165, 1.54) is 10.3 Å². The molecule has 1 aliphatic rings. The van der Waals surface area contributed by atoms with Gasteiger partial charge in [-0.25, -0.2) is 9.97 Å². The first-order chi connectivity index (χ1) is 15.6. The molecule has 0 spiro atoms. The maximum Gasteiger partial charge on any atom is 0.316 e. The van der Waals surface area contributed by atoms with Crippen LogP contribution in [0, 0.1) is 0 Å². The topological polar surface area (TPSA) is 52.4 Å². The first-order valence-electron chi connectivity index (χ1n) is 10.3. The van der Waals surface area contributed by atoms with Gasteiger partial charge in [0, 0.05) is 65.3 Å². The van der Waals surface area contributed by atoms with Crippen molar-refractivity contribution in [2.24, 2.45) is 0 Å². The second-order valence-electron chi connectivity index (χ2n) is 7.66. The zero-order chi connectivity index (χ0) is 22.1. The van der Waals surface area contributed by atoms with Crippen LogP contribution in [0.2, 0.25) is 5.02 Å². The molecule has 0 aliphatic carbocycles. The molecule has 0 saturated carbocycles. The lowest BCUT2D eigenvalue weighted by molar-refractivity contribution is 0.219. The van der Waals surface area contributed by atoms with E-state index in [9.17, 15) is 0 Å². The summed E-state index contributed by atoms with van der Waals surface area (Å²) in [6, 6.07) is 13.2. The second kappa shape index (κ2) is 9.02. The summed E-state index contributed by atoms with van der Waals surface area (Å²) < 4.78 is 13.3. The molecule has 0 bridgehead atoms. The first-order valence-corrected chi connectivity index (χ1v) is 11.9. The average Bonchev–Trinajstić information content (AvgIpc) is 3.13. The number of fused-ring (bicyclic) bond motifs is 2. The van der Waals surface area contributed by atoms with Crippen molar-refractivity contribution in [3.8, 4) is 17.4 Å². The van der Waals surface area contributed by atoms with Crippen LogP contribution in [0.3, 0.4) is 0 Å². The molecule has 32 heavy (non-hydrogen) atoms. The second-order valence-corrected chi connectivity index (χ2v) is 8.95. The number of hydrogen-bond donors (Lipinski definition) is 0. The molecule has 0 N–H and O–H groups in total. The predicted molar refractivity (Wildman–Crippen MR) is 128 cm³/mol. The van der Waals surface area contributed by atoms with Crippen LogP contribution < -0.4 is 9.47 Å². The quantitative estimate of drug-likeness (QED) is 0.377. The lowest BCUT2D eigenvalue weighted by Gasteiger charge is -2.19. The molecule has 2 aromatic carbocycles. The maximum atomic E-state index is 6.68. The maximum absolute atomic E-state index is 6.68. The Hall–Kier alpha value is -2.74. The zero-order valence-corrected chi connectivity index (χ0v) is 19.5. The zero-order valence-electron chi connectivity index (χ0n) is 17.9. The van der Waals surface area contributed by atoms with Gasteiger partial charge in [-0.2, -0.15) is 0 Å². The van der Waals surface area contributed by atoms with Crippen LogP contribution in [0.4, 0.5) is 0 Å². The molecule has 5 rings (SSSR count). The standard InChI is InChI=1S/C24H23ClN4O2S/c1-30-24-26-12-16(13-27-24)14-28-7-8-31-23-18(15-28)9-19(11-21(23)25)29-6-5-17-10-20(32-2)3-4-22(17)29/h3-6,9-13H,7-8,14-15H2,1-2H3. The Bertz CT molecular complexity index is 1260. The Morgan fingerprint density at radius 1 is 1.16 bits per heavy atom. The number of benzene rings is 2. The predicted octanol–water partition coefficient (Wildman–Crippen LogP) is 5.20. The highest BCUT2D eigenvalue weighted by atomic mass is 35.5. The van der Waals surface area contributed by atoms with Crippen LogP contribution in [0.1, 0.15) is 11.1 Å². The molecule has 6 nitrogen and oxygen atoms in total. The van der Waals surface area contributed by atoms with Gasteiger partial charge in [-0.1, -0.05) is 11.6 Å². The molecule has 8 heteroatoms. The van der Waals surface area contributed by atoms with E-state index < -0.39 is 0 Å². The molecule has 0 atom stereocenters. The molecule has 1 aliphatic heterocycles. The van der Waals surface area contributed by atoms with Gasteiger partial charge in [0.15, 0.2) is 0 Å². The van der Waals surface area contributed by atoms with E-state index in [2.05, 4.69) is 62.2 Å². The van der Waals surface area contributed by atoms with Crippen molar-refractivity contribution in [3.63, 3.8) is 0 Å². The number of aromatic nitrogens is 3. The summed E-state index contributed by atoms with van der Waals surface area (Å²) in [6.45, 7) is 2.81. The fourth-order valence-corrected chi connectivity index (χ4v) is 4.78. The van der Waals surface area contributed by atoms with E-state index in [0.29, 0.717) is 17.6 Å². The summed E-state index contributed by atoms with van der Waals surface area (Å²) >= 11 is 8.43. The molecular weight excluding hydrogens is 444 g/mol. The molecule has 0 saturated heterocycles. The van der Waals surface area contributed by atoms with Gasteiger partial charge in [0.1, 0.15) is 12.4 Å². The van der Waals surface area contributed by atoms with Crippen LogP contribution in [0.25, 0.3) is 16.6 Å². The van der Waals surface area contributed by atoms with Crippen molar-refractivity contribution in [1.82, 2.24) is 19.4 Å². The molecule has 4 aromatic rings. The number of methoxy groups -OCH3 is 1. The highest BCUT2D eigenvalue weighted by molar-refractivity contribution is 7.98. The van der Waals surface area contributed by atoms with Crippen LogP contribution in [-0.4, -0.2) is 46.0 Å². The molecule has 2 aromatic heterocycles. The fourth-order valence-electron chi connectivity index (χ4n) is 4.05. The Kier molecular flexibility index (Phi) is 5.95. The summed E-state index contributed by atoms with van der Waals surface area (Å²) in [6.07, 6.45) is 7.79. The van der Waals surface area contributed by atoms with E-state index in [-0.39, 0.29) is 0 Å². The van der Waals surface area contributed by atoms with Gasteiger partial charge in [-0.15, -0.1) is 11.8 Å². The van der Waals surface area contributed by atoms with Gasteiger partial charge in [-0.3, -0.25) is 4.90 Å². The van der Waals surface area contributed by atoms with Gasteiger partial charge < -0.3 is 14.0 Å². The molecule has 0 amide bonds. The molecule has 0 unspecified atom stereocenters. The van der Waals surface area contributed by atoms with E-state index >= 15 is 0 Å². The van der Waals surface area contributed by atoms with Crippen molar-refractivity contribution in [3.05, 3.63) is 71.1 Å². The summed E-state index contributed by atoms with van der Waals surface area (Å²) in [4.78, 5) is 12.0. The minimum absolute atomic E-state index is 0.373. The number of thioether (sulfide) groups is 1. The average molecular weight is 467 g/mol. The van der Waals surface area contributed by atoms with Crippen molar-refractivity contribution in [1.29, 1.82) is 0 Å². The largest absolute Gasteiger partial charge is 0.490 e. The van der Waals surface area contributed by atoms with E-state index in [1.807, 2.05) is 6.07 Å². The Labute approximate surface area is 196 Å². The summed E-state index contributed by atoms with van der Waals surface area (Å²) in [7, 11) is 1.56. The Balaban J connectivity index is 1.46. The number of hydrogen-bond acceptors (Lipinski definition) is 6. The monoisotopic (exact) mass is 466 g/mol. The molecular formula is C24H23ClN4O2S. The van der Waals surface area contributed by atoms with Crippen LogP contribution in [0.15, 0.2) is 59.9 Å². The van der Waals surface area contributed by atoms with Crippen molar-refractivity contribution in [2.75, 3.05) is 26.5 Å². The van der Waals surface area contributed by atoms with Gasteiger partial charge in [0.25, 0.3) is 0 Å². The molecule has 0 fully saturated rings. The summed E-state index contributed by atoms with van der Waals surface area (Å²) in [5.41, 5.74) is 4.28. The Morgan fingerprint density at radius 2 is 2.00 bits per heavy atom. The Morgan fingerprint density at radius 3 is 2.78 bits per heavy atom. The van der Waals surface area contributed by atoms with Crippen molar-refractivity contribution in [2.45, 2.75) is 18.0 Å². The fraction of sp³-hybridized carbons (Fsp3) is 0.250. The molecule has 164 valence electrons. The highest BCUT2D eigenvalue weighted by Crippen LogP contribution is 2.36. The highest BCUT2D eigenvalue weighted by Gasteiger charge is 2.20. The molecule has 0 radical (unpaired) electrons. The van der Waals surface area contributed by atoms with Gasteiger partial charge in [-0.05, 0) is 42.7 Å². The lowest BCUT2D eigenvalue weighted by atomic mass is 10.1. The number of halogens is 1. The first kappa shape index (κ1) is 21.1. The molecule has 3 heterocycles. The smallest absolute Gasteiger partial charge is 0.316 e. The van der Waals surface area contributed by atoms with E-state index in [0.717, 1.165) is 47.7 Å². The minimum Gasteiger partial charge on any atom is -0.490 e. The third-order valence-corrected chi connectivity index (χ3v) is 6.61. The third-order valence-electron chi connectivity index (χ3n) is 5.60. The van der Waals surface area contributed by atoms with E-state index in [1.54, 1.807) is 31.3 Å². The van der Waals surface area contributed by atoms with Crippen LogP contribution in [0.5, 0.6) is 11.8 Å². The lowest BCUT2D eigenvalue weighted by Crippen LogP contribution is -2.25. The third kappa shape index (κ3) is 4.16.